The number of methoxy groups -OCH3 is 1. The molecule has 33 heavy (non-hydrogen) atoms. The lowest BCUT2D eigenvalue weighted by atomic mass is 10.2. The number of ether oxygens (including phenoxy) is 4. The van der Waals surface area contributed by atoms with Gasteiger partial charge in [-0.1, -0.05) is 11.8 Å². The number of pyridine rings is 1. The van der Waals surface area contributed by atoms with Crippen LogP contribution in [0.4, 0.5) is 30.7 Å². The van der Waals surface area contributed by atoms with Crippen molar-refractivity contribution in [1.82, 2.24) is 15.0 Å². The summed E-state index contributed by atoms with van der Waals surface area (Å²) in [6, 6.07) is 3.27. The molecule has 0 spiro atoms. The van der Waals surface area contributed by atoms with E-state index in [2.05, 4.69) is 24.4 Å². The topological polar surface area (TPSA) is 78.5 Å². The van der Waals surface area contributed by atoms with Crippen molar-refractivity contribution >= 4 is 22.8 Å². The van der Waals surface area contributed by atoms with Gasteiger partial charge in [0.2, 0.25) is 0 Å². The predicted octanol–water partition coefficient (Wildman–Crippen LogP) is 5.16. The third kappa shape index (κ3) is 4.67. The Morgan fingerprint density at radius 2 is 1.76 bits per heavy atom. The fourth-order valence-corrected chi connectivity index (χ4v) is 3.64. The van der Waals surface area contributed by atoms with Crippen LogP contribution in [0.3, 0.4) is 0 Å². The first-order valence-corrected chi connectivity index (χ1v) is 9.89. The second-order valence-corrected chi connectivity index (χ2v) is 7.54. The molecular formula is C18H12F7N3O4S. The van der Waals surface area contributed by atoms with Gasteiger partial charge in [-0.25, -0.2) is 4.98 Å². The molecule has 1 aromatic carbocycles. The Morgan fingerprint density at radius 3 is 2.39 bits per heavy atom. The van der Waals surface area contributed by atoms with Gasteiger partial charge < -0.3 is 23.9 Å². The van der Waals surface area contributed by atoms with Crippen LogP contribution in [0, 0.1) is 0 Å². The van der Waals surface area contributed by atoms with Crippen LogP contribution in [0.25, 0.3) is 11.0 Å². The lowest BCUT2D eigenvalue weighted by molar-refractivity contribution is -0.391. The molecule has 0 radical (unpaired) electrons. The lowest BCUT2D eigenvalue weighted by Crippen LogP contribution is -2.52. The maximum Gasteiger partial charge on any atom is 0.507 e. The summed E-state index contributed by atoms with van der Waals surface area (Å²) in [5.74, 6) is -1.31. The Kier molecular flexibility index (Phi) is 5.62. The Bertz CT molecular complexity index is 1130. The zero-order valence-electron chi connectivity index (χ0n) is 16.3. The fraction of sp³-hybridized carbons (Fsp3) is 0.333. The molecule has 3 heterocycles. The summed E-state index contributed by atoms with van der Waals surface area (Å²) < 4.78 is 109. The van der Waals surface area contributed by atoms with E-state index in [0.717, 1.165) is 23.9 Å². The molecule has 15 heteroatoms. The highest BCUT2D eigenvalue weighted by Crippen LogP contribution is 2.48. The van der Waals surface area contributed by atoms with E-state index in [-0.39, 0.29) is 39.1 Å². The van der Waals surface area contributed by atoms with Crippen molar-refractivity contribution in [2.75, 3.05) is 13.7 Å². The van der Waals surface area contributed by atoms with E-state index in [9.17, 15) is 30.7 Å². The van der Waals surface area contributed by atoms with Gasteiger partial charge in [0.25, 0.3) is 0 Å². The van der Waals surface area contributed by atoms with E-state index in [1.807, 2.05) is 0 Å². The Hall–Kier alpha value is -3.10. The van der Waals surface area contributed by atoms with Crippen LogP contribution in [0.15, 0.2) is 29.6 Å². The second-order valence-electron chi connectivity index (χ2n) is 6.58. The predicted molar refractivity (Wildman–Crippen MR) is 99.1 cm³/mol. The summed E-state index contributed by atoms with van der Waals surface area (Å²) in [6.07, 6.45) is -13.0. The van der Waals surface area contributed by atoms with Gasteiger partial charge in [-0.05, 0) is 0 Å². The number of imidazole rings is 1. The number of halogens is 7. The van der Waals surface area contributed by atoms with Gasteiger partial charge >= 0.3 is 18.4 Å². The highest BCUT2D eigenvalue weighted by Gasteiger charge is 2.66. The molecule has 1 N–H and O–H groups in total. The molecule has 3 aromatic rings. The van der Waals surface area contributed by atoms with Gasteiger partial charge in [0.1, 0.15) is 0 Å². The molecule has 0 unspecified atom stereocenters. The number of rotatable bonds is 6. The molecule has 1 aliphatic rings. The number of hydrogen-bond donors (Lipinski definition) is 1. The van der Waals surface area contributed by atoms with Crippen molar-refractivity contribution in [2.45, 2.75) is 29.3 Å². The molecule has 0 saturated heterocycles. The first-order chi connectivity index (χ1) is 15.4. The Morgan fingerprint density at radius 1 is 1.09 bits per heavy atom. The van der Waals surface area contributed by atoms with Crippen LogP contribution in [-0.2, 0) is 5.75 Å². The number of benzene rings is 1. The number of aromatic amines is 1. The van der Waals surface area contributed by atoms with E-state index in [0.29, 0.717) is 0 Å². The van der Waals surface area contributed by atoms with Gasteiger partial charge in [0.15, 0.2) is 34.8 Å². The molecule has 0 bridgehead atoms. The third-order valence-corrected chi connectivity index (χ3v) is 5.11. The van der Waals surface area contributed by atoms with Crippen LogP contribution in [-0.4, -0.2) is 47.1 Å². The minimum absolute atomic E-state index is 0.00733. The number of nitrogens with one attached hydrogen (secondary N) is 1. The minimum atomic E-state index is -4.86. The van der Waals surface area contributed by atoms with Gasteiger partial charge in [-0.3, -0.25) is 4.98 Å². The molecule has 0 amide bonds. The van der Waals surface area contributed by atoms with E-state index in [1.54, 1.807) is 0 Å². The van der Waals surface area contributed by atoms with Gasteiger partial charge in [0.05, 0.1) is 23.8 Å². The molecule has 4 rings (SSSR count). The van der Waals surface area contributed by atoms with Crippen LogP contribution in [0.2, 0.25) is 0 Å². The molecule has 1 aliphatic heterocycles. The van der Waals surface area contributed by atoms with E-state index in [1.165, 1.54) is 19.4 Å². The van der Waals surface area contributed by atoms with Crippen molar-refractivity contribution in [3.05, 3.63) is 30.1 Å². The number of thioether (sulfide) groups is 1. The van der Waals surface area contributed by atoms with Crippen LogP contribution >= 0.6 is 11.8 Å². The highest BCUT2D eigenvalue weighted by atomic mass is 32.2. The molecular weight excluding hydrogens is 487 g/mol. The van der Waals surface area contributed by atoms with E-state index in [4.69, 9.17) is 9.47 Å². The van der Waals surface area contributed by atoms with Gasteiger partial charge in [-0.15, -0.1) is 0 Å². The summed E-state index contributed by atoms with van der Waals surface area (Å²) >= 11 is 1.04. The second kappa shape index (κ2) is 8.04. The maximum atomic E-state index is 13.4. The smallest absolute Gasteiger partial charge is 0.491 e. The average Bonchev–Trinajstić information content (AvgIpc) is 3.10. The number of aromatic nitrogens is 3. The number of H-pyrrole nitrogens is 1. The zero-order chi connectivity index (χ0) is 24.0. The van der Waals surface area contributed by atoms with Crippen LogP contribution in [0.1, 0.15) is 5.69 Å². The number of nitrogens with zero attached hydrogens (tertiary/aromatic N) is 2. The summed E-state index contributed by atoms with van der Waals surface area (Å²) in [5, 5.41) is 0.233. The first kappa shape index (κ1) is 23.1. The third-order valence-electron chi connectivity index (χ3n) is 4.22. The number of alkyl halides is 7. The van der Waals surface area contributed by atoms with E-state index >= 15 is 0 Å². The molecule has 7 nitrogen and oxygen atoms in total. The summed E-state index contributed by atoms with van der Waals surface area (Å²) in [5.41, 5.74) is 0.568. The number of hydrogen-bond acceptors (Lipinski definition) is 7. The zero-order valence-corrected chi connectivity index (χ0v) is 17.1. The maximum absolute atomic E-state index is 13.4. The summed E-state index contributed by atoms with van der Waals surface area (Å²) in [4.78, 5) is 11.0. The highest BCUT2D eigenvalue weighted by molar-refractivity contribution is 7.98. The molecule has 2 aromatic heterocycles. The Labute approximate surface area is 184 Å². The largest absolute Gasteiger partial charge is 0.507 e. The van der Waals surface area contributed by atoms with Crippen LogP contribution in [0.5, 0.6) is 23.0 Å². The molecule has 0 fully saturated rings. The minimum Gasteiger partial charge on any atom is -0.491 e. The van der Waals surface area contributed by atoms with Crippen molar-refractivity contribution in [3.63, 3.8) is 0 Å². The number of fused-ring (bicyclic) bond motifs is 2. The lowest BCUT2D eigenvalue weighted by Gasteiger charge is -2.31. The first-order valence-electron chi connectivity index (χ1n) is 8.90. The quantitative estimate of drug-likeness (QED) is 0.371. The molecule has 178 valence electrons. The fourth-order valence-electron chi connectivity index (χ4n) is 2.82. The summed E-state index contributed by atoms with van der Waals surface area (Å²) in [6.45, 7) is -1.52. The average molecular weight is 499 g/mol. The van der Waals surface area contributed by atoms with Gasteiger partial charge in [0, 0.05) is 30.1 Å². The summed E-state index contributed by atoms with van der Waals surface area (Å²) in [7, 11) is 1.24. The van der Waals surface area contributed by atoms with Gasteiger partial charge in [-0.2, -0.15) is 30.7 Å². The molecule has 0 aliphatic carbocycles. The normalized spacial score (nSPS) is 16.6. The van der Waals surface area contributed by atoms with Crippen molar-refractivity contribution in [3.8, 4) is 23.0 Å². The van der Waals surface area contributed by atoms with Crippen molar-refractivity contribution in [2.24, 2.45) is 0 Å². The monoisotopic (exact) mass is 499 g/mol. The van der Waals surface area contributed by atoms with E-state index < -0.39 is 36.5 Å². The van der Waals surface area contributed by atoms with Crippen LogP contribution < -0.4 is 18.9 Å². The van der Waals surface area contributed by atoms with Crippen molar-refractivity contribution < 1.29 is 49.7 Å². The molecule has 0 saturated carbocycles. The van der Waals surface area contributed by atoms with Crippen molar-refractivity contribution in [1.29, 1.82) is 0 Å². The standard InChI is InChI=1S/C18H12F7N3O4S/c1-29-14-10(26-3-2-11(14)30-7-16(19,20)21)6-33-15-27-8-4-12-13(5-9(8)28-15)32-18(24,25)17(22,23)31-12/h2-5H,6-7H2,1H3,(H,27,28). The Balaban J connectivity index is 1.54. The SMILES string of the molecule is COc1c(OCC(F)(F)F)ccnc1CSc1nc2cc3c(cc2[nH]1)OC(F)(F)C(F)(F)O3. The molecule has 0 atom stereocenters.